The molecule has 11 heteroatoms. The Hall–Kier alpha value is -3.63. The molecule has 1 aromatic carbocycles. The van der Waals surface area contributed by atoms with E-state index in [0.717, 1.165) is 30.7 Å². The van der Waals surface area contributed by atoms with Gasteiger partial charge in [-0.1, -0.05) is 0 Å². The van der Waals surface area contributed by atoms with Crippen LogP contribution in [0.25, 0.3) is 0 Å². The van der Waals surface area contributed by atoms with Crippen LogP contribution in [0.2, 0.25) is 0 Å². The molecule has 34 heavy (non-hydrogen) atoms. The Morgan fingerprint density at radius 2 is 1.62 bits per heavy atom. The van der Waals surface area contributed by atoms with Crippen molar-refractivity contribution in [2.45, 2.75) is 44.3 Å². The molecule has 0 aliphatic carbocycles. The largest absolute Gasteiger partial charge is 0.417 e. The summed E-state index contributed by atoms with van der Waals surface area (Å²) in [6.45, 7) is 1.16. The first-order valence-corrected chi connectivity index (χ1v) is 11.0. The summed E-state index contributed by atoms with van der Waals surface area (Å²) in [7, 11) is 0. The van der Waals surface area contributed by atoms with Crippen molar-refractivity contribution in [3.63, 3.8) is 0 Å². The number of hydrogen-bond acceptors (Lipinski definition) is 4. The van der Waals surface area contributed by atoms with Gasteiger partial charge in [0.1, 0.15) is 11.9 Å². The summed E-state index contributed by atoms with van der Waals surface area (Å²) in [5.41, 5.74) is 0.526. The maximum Gasteiger partial charge on any atom is 0.417 e. The second kappa shape index (κ2) is 9.70. The molecule has 0 spiro atoms. The summed E-state index contributed by atoms with van der Waals surface area (Å²) in [6.07, 6.45) is -0.422. The van der Waals surface area contributed by atoms with Crippen molar-refractivity contribution < 1.29 is 27.6 Å². The molecular formula is C23H24F3N5O3. The summed E-state index contributed by atoms with van der Waals surface area (Å²) >= 11 is 0. The summed E-state index contributed by atoms with van der Waals surface area (Å²) in [5, 5.41) is 4.93. The van der Waals surface area contributed by atoms with E-state index in [9.17, 15) is 27.6 Å². The van der Waals surface area contributed by atoms with Crippen LogP contribution < -0.4 is 20.4 Å². The zero-order valence-corrected chi connectivity index (χ0v) is 18.3. The zero-order chi connectivity index (χ0) is 24.3. The van der Waals surface area contributed by atoms with Gasteiger partial charge in [0.05, 0.1) is 5.56 Å². The van der Waals surface area contributed by atoms with Crippen LogP contribution in [0.4, 0.5) is 35.2 Å². The number of rotatable bonds is 4. The molecule has 0 bridgehead atoms. The molecule has 2 aliphatic heterocycles. The first kappa shape index (κ1) is 23.5. The number of carbonyl (C=O) groups excluding carboxylic acids is 3. The molecule has 2 aromatic rings. The Labute approximate surface area is 194 Å². The third kappa shape index (κ3) is 5.29. The molecule has 2 aliphatic rings. The molecule has 2 N–H and O–H groups in total. The van der Waals surface area contributed by atoms with Crippen LogP contribution >= 0.6 is 0 Å². The Morgan fingerprint density at radius 3 is 2.24 bits per heavy atom. The lowest BCUT2D eigenvalue weighted by Crippen LogP contribution is -2.53. The average molecular weight is 475 g/mol. The van der Waals surface area contributed by atoms with E-state index in [1.807, 2.05) is 12.1 Å². The number of halogens is 3. The fourth-order valence-electron chi connectivity index (χ4n) is 4.10. The van der Waals surface area contributed by atoms with E-state index in [1.165, 1.54) is 0 Å². The lowest BCUT2D eigenvalue weighted by atomic mass is 10.0. The van der Waals surface area contributed by atoms with Crippen molar-refractivity contribution in [2.24, 2.45) is 0 Å². The van der Waals surface area contributed by atoms with Crippen molar-refractivity contribution in [1.82, 2.24) is 10.3 Å². The molecule has 2 saturated heterocycles. The number of aromatic nitrogens is 1. The second-order valence-electron chi connectivity index (χ2n) is 8.23. The van der Waals surface area contributed by atoms with Crippen LogP contribution in [0.15, 0.2) is 42.6 Å². The third-order valence-electron chi connectivity index (χ3n) is 5.87. The number of pyridine rings is 1. The molecule has 4 amide bonds. The van der Waals surface area contributed by atoms with Gasteiger partial charge in [-0.15, -0.1) is 0 Å². The molecule has 0 radical (unpaired) electrons. The highest BCUT2D eigenvalue weighted by Gasteiger charge is 2.32. The SMILES string of the molecule is O=C(Nc1ccc(C(F)(F)F)cn1)N[C@@H]1CCCN(c2ccc(N3CCCCC3=O)cc2)C1=O. The Bertz CT molecular complexity index is 1060. The number of alkyl halides is 3. The van der Waals surface area contributed by atoms with Crippen molar-refractivity contribution >= 4 is 35.0 Å². The Balaban J connectivity index is 1.37. The number of carbonyl (C=O) groups is 3. The highest BCUT2D eigenvalue weighted by atomic mass is 19.4. The highest BCUT2D eigenvalue weighted by Crippen LogP contribution is 2.29. The quantitative estimate of drug-likeness (QED) is 0.701. The first-order chi connectivity index (χ1) is 16.2. The van der Waals surface area contributed by atoms with Crippen LogP contribution in [0, 0.1) is 0 Å². The van der Waals surface area contributed by atoms with Crippen molar-refractivity contribution in [3.8, 4) is 0 Å². The Morgan fingerprint density at radius 1 is 0.941 bits per heavy atom. The zero-order valence-electron chi connectivity index (χ0n) is 18.3. The number of piperidine rings is 2. The molecule has 1 aromatic heterocycles. The van der Waals surface area contributed by atoms with E-state index in [2.05, 4.69) is 15.6 Å². The monoisotopic (exact) mass is 475 g/mol. The van der Waals surface area contributed by atoms with E-state index >= 15 is 0 Å². The van der Waals surface area contributed by atoms with E-state index < -0.39 is 23.8 Å². The second-order valence-corrected chi connectivity index (χ2v) is 8.23. The minimum atomic E-state index is -4.52. The lowest BCUT2D eigenvalue weighted by molar-refractivity contribution is -0.137. The van der Waals surface area contributed by atoms with Gasteiger partial charge in [0, 0.05) is 37.1 Å². The van der Waals surface area contributed by atoms with Crippen LogP contribution in [-0.2, 0) is 15.8 Å². The fraction of sp³-hybridized carbons (Fsp3) is 0.391. The molecule has 180 valence electrons. The highest BCUT2D eigenvalue weighted by molar-refractivity contribution is 6.01. The molecule has 3 heterocycles. The van der Waals surface area contributed by atoms with Crippen LogP contribution in [-0.4, -0.2) is 42.0 Å². The predicted molar refractivity (Wildman–Crippen MR) is 119 cm³/mol. The molecule has 1 atom stereocenters. The predicted octanol–water partition coefficient (Wildman–Crippen LogP) is 3.93. The summed E-state index contributed by atoms with van der Waals surface area (Å²) in [6, 6.07) is 7.53. The normalized spacial score (nSPS) is 19.2. The van der Waals surface area contributed by atoms with Crippen LogP contribution in [0.3, 0.4) is 0 Å². The van der Waals surface area contributed by atoms with Crippen molar-refractivity contribution in [2.75, 3.05) is 28.2 Å². The lowest BCUT2D eigenvalue weighted by Gasteiger charge is -2.33. The number of urea groups is 1. The van der Waals surface area contributed by atoms with E-state index in [0.29, 0.717) is 44.2 Å². The van der Waals surface area contributed by atoms with Gasteiger partial charge in [-0.05, 0) is 62.1 Å². The van der Waals surface area contributed by atoms with Gasteiger partial charge < -0.3 is 15.1 Å². The maximum atomic E-state index is 13.0. The standard InChI is InChI=1S/C23H24F3N5O3/c24-23(25,26)15-6-11-19(27-14-15)29-22(34)28-18-4-3-13-31(21(18)33)17-9-7-16(8-10-17)30-12-2-1-5-20(30)32/h6-11,14,18H,1-5,12-13H2,(H2,27,28,29,34)/t18-/m1/s1. The number of amides is 4. The van der Waals surface area contributed by atoms with Gasteiger partial charge in [0.15, 0.2) is 0 Å². The van der Waals surface area contributed by atoms with Gasteiger partial charge in [-0.25, -0.2) is 9.78 Å². The molecule has 4 rings (SSSR count). The van der Waals surface area contributed by atoms with Gasteiger partial charge in [-0.3, -0.25) is 14.9 Å². The van der Waals surface area contributed by atoms with E-state index in [4.69, 9.17) is 0 Å². The smallest absolute Gasteiger partial charge is 0.326 e. The molecular weight excluding hydrogens is 451 g/mol. The third-order valence-corrected chi connectivity index (χ3v) is 5.87. The van der Waals surface area contributed by atoms with Gasteiger partial charge in [0.2, 0.25) is 11.8 Å². The Kier molecular flexibility index (Phi) is 6.71. The first-order valence-electron chi connectivity index (χ1n) is 11.0. The van der Waals surface area contributed by atoms with Gasteiger partial charge >= 0.3 is 12.2 Å². The summed E-state index contributed by atoms with van der Waals surface area (Å²) in [4.78, 5) is 44.3. The van der Waals surface area contributed by atoms with Crippen LogP contribution in [0.5, 0.6) is 0 Å². The van der Waals surface area contributed by atoms with E-state index in [1.54, 1.807) is 21.9 Å². The summed E-state index contributed by atoms with van der Waals surface area (Å²) in [5.74, 6) is -0.261. The van der Waals surface area contributed by atoms with Crippen molar-refractivity contribution in [1.29, 1.82) is 0 Å². The van der Waals surface area contributed by atoms with Gasteiger partial charge in [-0.2, -0.15) is 13.2 Å². The average Bonchev–Trinajstić information content (AvgIpc) is 2.81. The minimum absolute atomic E-state index is 0.0616. The van der Waals surface area contributed by atoms with Gasteiger partial charge in [0.25, 0.3) is 0 Å². The molecule has 8 nitrogen and oxygen atoms in total. The molecule has 0 unspecified atom stereocenters. The summed E-state index contributed by atoms with van der Waals surface area (Å²) < 4.78 is 37.9. The molecule has 2 fully saturated rings. The van der Waals surface area contributed by atoms with Crippen molar-refractivity contribution in [3.05, 3.63) is 48.2 Å². The fourth-order valence-corrected chi connectivity index (χ4v) is 4.10. The topological polar surface area (TPSA) is 94.6 Å². The number of benzene rings is 1. The number of nitrogens with one attached hydrogen (secondary N) is 2. The van der Waals surface area contributed by atoms with E-state index in [-0.39, 0.29) is 17.6 Å². The maximum absolute atomic E-state index is 13.0. The number of nitrogens with zero attached hydrogens (tertiary/aromatic N) is 3. The minimum Gasteiger partial charge on any atom is -0.326 e. The van der Waals surface area contributed by atoms with Crippen LogP contribution in [0.1, 0.15) is 37.7 Å². The number of anilines is 3. The number of hydrogen-bond donors (Lipinski definition) is 2. The molecule has 0 saturated carbocycles.